The molecule has 2 aliphatic rings. The van der Waals surface area contributed by atoms with Gasteiger partial charge in [0.25, 0.3) is 0 Å². The third kappa shape index (κ3) is 1.51. The highest BCUT2D eigenvalue weighted by molar-refractivity contribution is 5.80. The Morgan fingerprint density at radius 1 is 0.895 bits per heavy atom. The zero-order valence-electron chi connectivity index (χ0n) is 10.6. The molecule has 3 heteroatoms. The first-order valence-electron chi connectivity index (χ1n) is 6.31. The summed E-state index contributed by atoms with van der Waals surface area (Å²) in [5.74, 6) is 3.28. The molecule has 2 aliphatic heterocycles. The lowest BCUT2D eigenvalue weighted by Crippen LogP contribution is -2.30. The van der Waals surface area contributed by atoms with Gasteiger partial charge in [0.15, 0.2) is 23.0 Å². The number of nitrogens with zero attached hydrogens (tertiary/aromatic N) is 1. The number of likely N-dealkylation sites (N-methyl/N-ethyl adjacent to an activating group) is 1. The number of hydrogen-bond acceptors (Lipinski definition) is 3. The minimum absolute atomic E-state index is 0.723. The van der Waals surface area contributed by atoms with Crippen molar-refractivity contribution >= 4 is 11.4 Å². The molecule has 0 radical (unpaired) electrons. The summed E-state index contributed by atoms with van der Waals surface area (Å²) in [6, 6.07) is 16.0. The molecule has 0 amide bonds. The monoisotopic (exact) mass is 251 g/mol. The van der Waals surface area contributed by atoms with E-state index in [1.165, 1.54) is 5.69 Å². The lowest BCUT2D eigenvalue weighted by atomic mass is 10.0. The third-order valence-corrected chi connectivity index (χ3v) is 3.49. The zero-order valence-corrected chi connectivity index (χ0v) is 10.6. The van der Waals surface area contributed by atoms with E-state index in [0.717, 1.165) is 35.1 Å². The molecule has 0 saturated carbocycles. The lowest BCUT2D eigenvalue weighted by Gasteiger charge is -2.33. The van der Waals surface area contributed by atoms with Gasteiger partial charge in [-0.3, -0.25) is 0 Å². The molecular weight excluding hydrogens is 238 g/mol. The predicted molar refractivity (Wildman–Crippen MR) is 74.3 cm³/mol. The number of rotatable bonds is 0. The summed E-state index contributed by atoms with van der Waals surface area (Å²) in [5, 5.41) is 0. The largest absolute Gasteiger partial charge is 0.452 e. The van der Waals surface area contributed by atoms with Gasteiger partial charge in [-0.2, -0.15) is 0 Å². The Bertz CT molecular complexity index is 691. The molecule has 19 heavy (non-hydrogen) atoms. The molecule has 2 aromatic rings. The Hall–Kier alpha value is -2.42. The summed E-state index contributed by atoms with van der Waals surface area (Å²) < 4.78 is 12.0. The molecule has 0 unspecified atom stereocenters. The third-order valence-electron chi connectivity index (χ3n) is 3.49. The quantitative estimate of drug-likeness (QED) is 0.717. The second-order valence-corrected chi connectivity index (χ2v) is 4.78. The van der Waals surface area contributed by atoms with E-state index in [4.69, 9.17) is 9.47 Å². The average molecular weight is 251 g/mol. The summed E-state index contributed by atoms with van der Waals surface area (Å²) in [6.07, 6.45) is 0. The van der Waals surface area contributed by atoms with Crippen molar-refractivity contribution in [3.63, 3.8) is 0 Å². The van der Waals surface area contributed by atoms with E-state index in [-0.39, 0.29) is 0 Å². The second kappa shape index (κ2) is 3.79. The van der Waals surface area contributed by atoms with Crippen molar-refractivity contribution in [3.05, 3.63) is 59.9 Å². The van der Waals surface area contributed by atoms with Gasteiger partial charge >= 0.3 is 0 Å². The van der Waals surface area contributed by atoms with Crippen molar-refractivity contribution in [2.45, 2.75) is 0 Å². The van der Waals surface area contributed by atoms with Gasteiger partial charge in [-0.15, -0.1) is 0 Å². The van der Waals surface area contributed by atoms with Crippen molar-refractivity contribution in [1.82, 2.24) is 0 Å². The first kappa shape index (κ1) is 10.5. The van der Waals surface area contributed by atoms with Crippen LogP contribution in [0.2, 0.25) is 0 Å². The molecule has 0 N–H and O–H groups in total. The molecule has 0 atom stereocenters. The van der Waals surface area contributed by atoms with Crippen LogP contribution in [0.15, 0.2) is 54.3 Å². The summed E-state index contributed by atoms with van der Waals surface area (Å²) in [6.45, 7) is 0.723. The summed E-state index contributed by atoms with van der Waals surface area (Å²) in [7, 11) is 2.06. The van der Waals surface area contributed by atoms with Crippen molar-refractivity contribution in [2.24, 2.45) is 0 Å². The predicted octanol–water partition coefficient (Wildman–Crippen LogP) is 3.28. The molecule has 0 bridgehead atoms. The first-order chi connectivity index (χ1) is 9.33. The maximum atomic E-state index is 6.04. The SMILES string of the molecule is CN1CC2=C(Oc3ccccc3O2)c2ccccc21. The normalized spacial score (nSPS) is 15.9. The van der Waals surface area contributed by atoms with E-state index in [2.05, 4.69) is 24.1 Å². The zero-order chi connectivity index (χ0) is 12.8. The van der Waals surface area contributed by atoms with Crippen molar-refractivity contribution in [1.29, 1.82) is 0 Å². The van der Waals surface area contributed by atoms with E-state index in [1.807, 2.05) is 36.4 Å². The number of benzene rings is 2. The van der Waals surface area contributed by atoms with Crippen LogP contribution in [0.25, 0.3) is 5.76 Å². The van der Waals surface area contributed by atoms with Gasteiger partial charge in [0, 0.05) is 18.3 Å². The second-order valence-electron chi connectivity index (χ2n) is 4.78. The van der Waals surface area contributed by atoms with E-state index >= 15 is 0 Å². The molecule has 0 aliphatic carbocycles. The van der Waals surface area contributed by atoms with Crippen LogP contribution in [0.1, 0.15) is 5.56 Å². The van der Waals surface area contributed by atoms with Gasteiger partial charge in [-0.1, -0.05) is 24.3 Å². The topological polar surface area (TPSA) is 21.7 Å². The highest BCUT2D eigenvalue weighted by atomic mass is 16.6. The molecule has 2 heterocycles. The van der Waals surface area contributed by atoms with Crippen LogP contribution in [-0.4, -0.2) is 13.6 Å². The minimum atomic E-state index is 0.723. The molecule has 0 saturated heterocycles. The van der Waals surface area contributed by atoms with Gasteiger partial charge < -0.3 is 14.4 Å². The molecule has 3 nitrogen and oxygen atoms in total. The van der Waals surface area contributed by atoms with Crippen LogP contribution in [0.5, 0.6) is 11.5 Å². The average Bonchev–Trinajstić information content (AvgIpc) is 2.46. The van der Waals surface area contributed by atoms with E-state index in [1.54, 1.807) is 0 Å². The smallest absolute Gasteiger partial charge is 0.177 e. The fraction of sp³-hybridized carbons (Fsp3) is 0.125. The summed E-state index contributed by atoms with van der Waals surface area (Å²) in [4.78, 5) is 2.17. The fourth-order valence-electron chi connectivity index (χ4n) is 2.57. The van der Waals surface area contributed by atoms with Crippen LogP contribution in [0.3, 0.4) is 0 Å². The highest BCUT2D eigenvalue weighted by Gasteiger charge is 2.29. The van der Waals surface area contributed by atoms with Crippen molar-refractivity contribution in [3.8, 4) is 11.5 Å². The maximum Gasteiger partial charge on any atom is 0.177 e. The van der Waals surface area contributed by atoms with Gasteiger partial charge in [0.05, 0.1) is 6.54 Å². The molecular formula is C16H13NO2. The van der Waals surface area contributed by atoms with Crippen LogP contribution in [0, 0.1) is 0 Å². The number of hydrogen-bond donors (Lipinski definition) is 0. The highest BCUT2D eigenvalue weighted by Crippen LogP contribution is 2.42. The summed E-state index contributed by atoms with van der Waals surface area (Å²) in [5.41, 5.74) is 2.25. The van der Waals surface area contributed by atoms with Gasteiger partial charge in [0.2, 0.25) is 0 Å². The number of ether oxygens (including phenoxy) is 2. The van der Waals surface area contributed by atoms with Crippen molar-refractivity contribution < 1.29 is 9.47 Å². The Morgan fingerprint density at radius 3 is 2.42 bits per heavy atom. The van der Waals surface area contributed by atoms with Crippen LogP contribution in [-0.2, 0) is 0 Å². The van der Waals surface area contributed by atoms with E-state index < -0.39 is 0 Å². The van der Waals surface area contributed by atoms with E-state index in [0.29, 0.717) is 0 Å². The molecule has 0 aromatic heterocycles. The maximum absolute atomic E-state index is 6.04. The Morgan fingerprint density at radius 2 is 1.58 bits per heavy atom. The molecule has 94 valence electrons. The van der Waals surface area contributed by atoms with Crippen LogP contribution >= 0.6 is 0 Å². The van der Waals surface area contributed by atoms with Crippen LogP contribution < -0.4 is 14.4 Å². The minimum Gasteiger partial charge on any atom is -0.452 e. The van der Waals surface area contributed by atoms with Gasteiger partial charge in [-0.05, 0) is 24.3 Å². The molecule has 0 spiro atoms. The molecule has 4 rings (SSSR count). The lowest BCUT2D eigenvalue weighted by molar-refractivity contribution is 0.336. The Balaban J connectivity index is 1.87. The van der Waals surface area contributed by atoms with Crippen molar-refractivity contribution in [2.75, 3.05) is 18.5 Å². The first-order valence-corrected chi connectivity index (χ1v) is 6.31. The standard InChI is InChI=1S/C16H13NO2/c1-17-10-15-16(11-6-2-3-7-12(11)17)19-14-9-5-4-8-13(14)18-15/h2-9H,10H2,1H3. The fourth-order valence-corrected chi connectivity index (χ4v) is 2.57. The van der Waals surface area contributed by atoms with Gasteiger partial charge in [0.1, 0.15) is 0 Å². The van der Waals surface area contributed by atoms with E-state index in [9.17, 15) is 0 Å². The molecule has 2 aromatic carbocycles. The van der Waals surface area contributed by atoms with Gasteiger partial charge in [-0.25, -0.2) is 0 Å². The Kier molecular flexibility index (Phi) is 2.09. The number of anilines is 1. The van der Waals surface area contributed by atoms with Crippen LogP contribution in [0.4, 0.5) is 5.69 Å². The Labute approximate surface area is 111 Å². The molecule has 0 fully saturated rings. The summed E-state index contributed by atoms with van der Waals surface area (Å²) >= 11 is 0. The number of para-hydroxylation sites is 3. The number of fused-ring (bicyclic) bond motifs is 3.